The molecule has 1 aliphatic rings. The summed E-state index contributed by atoms with van der Waals surface area (Å²) in [7, 11) is -3.40. The van der Waals surface area contributed by atoms with Crippen LogP contribution in [-0.2, 0) is 14.8 Å². The zero-order valence-electron chi connectivity index (χ0n) is 8.31. The highest BCUT2D eigenvalue weighted by Crippen LogP contribution is 2.17. The first-order valence-electron chi connectivity index (χ1n) is 4.46. The first kappa shape index (κ1) is 13.8. The molecule has 0 spiro atoms. The van der Waals surface area contributed by atoms with E-state index in [0.29, 0.717) is 0 Å². The van der Waals surface area contributed by atoms with Gasteiger partial charge in [-0.1, -0.05) is 11.8 Å². The second kappa shape index (κ2) is 5.85. The average Bonchev–Trinajstić information content (AvgIpc) is 2.48. The van der Waals surface area contributed by atoms with Crippen LogP contribution in [0.4, 0.5) is 4.79 Å². The third kappa shape index (κ3) is 3.93. The van der Waals surface area contributed by atoms with Gasteiger partial charge in [-0.25, -0.2) is 13.1 Å². The lowest BCUT2D eigenvalue weighted by Gasteiger charge is -2.12. The van der Waals surface area contributed by atoms with Gasteiger partial charge < -0.3 is 0 Å². The standard InChI is InChI=1S/C7H11ClN2O4S2/c8-1-4-16(13,14)9-2-3-10-6(11)5-15-7(10)12/h9H,1-5H2. The highest BCUT2D eigenvalue weighted by Gasteiger charge is 2.29. The predicted molar refractivity (Wildman–Crippen MR) is 62.1 cm³/mol. The number of imide groups is 1. The van der Waals surface area contributed by atoms with E-state index in [2.05, 4.69) is 4.72 Å². The summed E-state index contributed by atoms with van der Waals surface area (Å²) < 4.78 is 24.6. The number of carbonyl (C=O) groups excluding carboxylic acids is 2. The lowest BCUT2D eigenvalue weighted by Crippen LogP contribution is -2.38. The molecule has 0 aromatic rings. The summed E-state index contributed by atoms with van der Waals surface area (Å²) in [6, 6.07) is 0. The van der Waals surface area contributed by atoms with E-state index in [9.17, 15) is 18.0 Å². The molecule has 2 amide bonds. The number of nitrogens with one attached hydrogen (secondary N) is 1. The highest BCUT2D eigenvalue weighted by atomic mass is 35.5. The summed E-state index contributed by atoms with van der Waals surface area (Å²) in [6.45, 7) is 0.0868. The van der Waals surface area contributed by atoms with Crippen LogP contribution >= 0.6 is 23.4 Å². The smallest absolute Gasteiger partial charge is 0.273 e. The maximum absolute atomic E-state index is 11.2. The summed E-state index contributed by atoms with van der Waals surface area (Å²) in [5, 5.41) is -0.332. The van der Waals surface area contributed by atoms with E-state index in [1.54, 1.807) is 0 Å². The zero-order chi connectivity index (χ0) is 12.2. The van der Waals surface area contributed by atoms with Crippen molar-refractivity contribution >= 4 is 44.5 Å². The van der Waals surface area contributed by atoms with Crippen LogP contribution in [0.1, 0.15) is 0 Å². The van der Waals surface area contributed by atoms with E-state index >= 15 is 0 Å². The minimum absolute atomic E-state index is 0.00671. The van der Waals surface area contributed by atoms with E-state index < -0.39 is 10.0 Å². The summed E-state index contributed by atoms with van der Waals surface area (Å²) in [6.07, 6.45) is 0. The van der Waals surface area contributed by atoms with Gasteiger partial charge >= 0.3 is 0 Å². The van der Waals surface area contributed by atoms with Gasteiger partial charge in [0.25, 0.3) is 5.24 Å². The summed E-state index contributed by atoms with van der Waals surface area (Å²) in [5.74, 6) is -0.322. The van der Waals surface area contributed by atoms with Crippen LogP contribution in [-0.4, -0.2) is 54.9 Å². The average molecular weight is 287 g/mol. The maximum Gasteiger partial charge on any atom is 0.288 e. The van der Waals surface area contributed by atoms with Crippen LogP contribution in [0.5, 0.6) is 0 Å². The molecule has 0 radical (unpaired) electrons. The molecule has 1 aliphatic heterocycles. The van der Waals surface area contributed by atoms with E-state index in [4.69, 9.17) is 11.6 Å². The topological polar surface area (TPSA) is 83.6 Å². The number of alkyl halides is 1. The van der Waals surface area contributed by atoms with Gasteiger partial charge in [-0.2, -0.15) is 0 Å². The first-order chi connectivity index (χ1) is 7.46. The molecule has 92 valence electrons. The Hall–Kier alpha value is -0.310. The number of halogens is 1. The molecule has 1 fully saturated rings. The normalized spacial score (nSPS) is 17.2. The van der Waals surface area contributed by atoms with Crippen molar-refractivity contribution in [3.8, 4) is 0 Å². The van der Waals surface area contributed by atoms with Gasteiger partial charge in [0.05, 0.1) is 11.5 Å². The highest BCUT2D eigenvalue weighted by molar-refractivity contribution is 8.14. The number of carbonyl (C=O) groups is 2. The Morgan fingerprint density at radius 2 is 2.12 bits per heavy atom. The number of hydrogen-bond acceptors (Lipinski definition) is 5. The number of amides is 2. The summed E-state index contributed by atoms with van der Waals surface area (Å²) in [4.78, 5) is 23.3. The molecule has 1 heterocycles. The monoisotopic (exact) mass is 286 g/mol. The predicted octanol–water partition coefficient (Wildman–Crippen LogP) is -0.160. The Morgan fingerprint density at radius 3 is 2.62 bits per heavy atom. The number of sulfonamides is 1. The Bertz CT molecular complexity index is 368. The number of nitrogens with zero attached hydrogens (tertiary/aromatic N) is 1. The van der Waals surface area contributed by atoms with Crippen LogP contribution in [0.3, 0.4) is 0 Å². The Labute approximate surface area is 103 Å². The quantitative estimate of drug-likeness (QED) is 0.686. The molecule has 1 rings (SSSR count). The number of thioether (sulfide) groups is 1. The molecule has 0 atom stereocenters. The molecule has 0 saturated carbocycles. The molecule has 0 aromatic carbocycles. The fraction of sp³-hybridized carbons (Fsp3) is 0.714. The van der Waals surface area contributed by atoms with Gasteiger partial charge in [-0.05, 0) is 0 Å². The minimum atomic E-state index is -3.40. The molecule has 0 bridgehead atoms. The van der Waals surface area contributed by atoms with Crippen LogP contribution in [0.2, 0.25) is 0 Å². The molecular weight excluding hydrogens is 276 g/mol. The molecule has 9 heteroatoms. The van der Waals surface area contributed by atoms with Crippen molar-refractivity contribution < 1.29 is 18.0 Å². The third-order valence-electron chi connectivity index (χ3n) is 1.84. The van der Waals surface area contributed by atoms with Crippen molar-refractivity contribution in [1.82, 2.24) is 9.62 Å². The van der Waals surface area contributed by atoms with Crippen molar-refractivity contribution in [3.05, 3.63) is 0 Å². The maximum atomic E-state index is 11.2. The zero-order valence-corrected chi connectivity index (χ0v) is 10.7. The SMILES string of the molecule is O=C1CSC(=O)N1CCNS(=O)(=O)CCCl. The third-order valence-corrected chi connectivity index (χ3v) is 4.50. The molecule has 1 N–H and O–H groups in total. The second-order valence-electron chi connectivity index (χ2n) is 3.00. The van der Waals surface area contributed by atoms with Crippen molar-refractivity contribution in [2.45, 2.75) is 0 Å². The van der Waals surface area contributed by atoms with Gasteiger partial charge in [-0.3, -0.25) is 14.5 Å². The van der Waals surface area contributed by atoms with E-state index in [1.165, 1.54) is 0 Å². The lowest BCUT2D eigenvalue weighted by atomic mass is 10.5. The fourth-order valence-corrected chi connectivity index (χ4v) is 3.19. The minimum Gasteiger partial charge on any atom is -0.273 e. The Morgan fingerprint density at radius 1 is 1.44 bits per heavy atom. The summed E-state index contributed by atoms with van der Waals surface area (Å²) in [5.41, 5.74) is 0. The second-order valence-corrected chi connectivity index (χ2v) is 6.23. The van der Waals surface area contributed by atoms with Crippen molar-refractivity contribution in [3.63, 3.8) is 0 Å². The number of rotatable bonds is 6. The molecular formula is C7H11ClN2O4S2. The van der Waals surface area contributed by atoms with Gasteiger partial charge in [-0.15, -0.1) is 11.6 Å². The van der Waals surface area contributed by atoms with E-state index in [-0.39, 0.29) is 41.6 Å². The molecule has 0 unspecified atom stereocenters. The molecule has 0 aliphatic carbocycles. The first-order valence-corrected chi connectivity index (χ1v) is 7.64. The van der Waals surface area contributed by atoms with E-state index in [1.807, 2.05) is 0 Å². The molecule has 0 aromatic heterocycles. The molecule has 6 nitrogen and oxygen atoms in total. The van der Waals surface area contributed by atoms with E-state index in [0.717, 1.165) is 16.7 Å². The van der Waals surface area contributed by atoms with Crippen LogP contribution in [0.25, 0.3) is 0 Å². The fourth-order valence-electron chi connectivity index (χ4n) is 1.08. The van der Waals surface area contributed by atoms with Gasteiger partial charge in [0.15, 0.2) is 0 Å². The Kier molecular flexibility index (Phi) is 5.03. The van der Waals surface area contributed by atoms with Crippen LogP contribution < -0.4 is 4.72 Å². The van der Waals surface area contributed by atoms with Gasteiger partial charge in [0, 0.05) is 19.0 Å². The van der Waals surface area contributed by atoms with Crippen molar-refractivity contribution in [2.24, 2.45) is 0 Å². The van der Waals surface area contributed by atoms with Crippen LogP contribution in [0.15, 0.2) is 0 Å². The van der Waals surface area contributed by atoms with Crippen LogP contribution in [0, 0.1) is 0 Å². The molecule has 1 saturated heterocycles. The van der Waals surface area contributed by atoms with Gasteiger partial charge in [0.1, 0.15) is 0 Å². The molecule has 16 heavy (non-hydrogen) atoms. The largest absolute Gasteiger partial charge is 0.288 e. The Balaban J connectivity index is 2.36. The lowest BCUT2D eigenvalue weighted by molar-refractivity contribution is -0.124. The van der Waals surface area contributed by atoms with Crippen molar-refractivity contribution in [1.29, 1.82) is 0 Å². The van der Waals surface area contributed by atoms with Gasteiger partial charge in [0.2, 0.25) is 15.9 Å². The number of hydrogen-bond donors (Lipinski definition) is 1. The van der Waals surface area contributed by atoms with Crippen molar-refractivity contribution in [2.75, 3.05) is 30.5 Å². The summed E-state index contributed by atoms with van der Waals surface area (Å²) >= 11 is 6.22.